The zero-order chi connectivity index (χ0) is 14.1. The molecular weight excluding hydrogens is 242 g/mol. The molecule has 4 heteroatoms. The van der Waals surface area contributed by atoms with E-state index in [1.165, 1.54) is 6.08 Å². The highest BCUT2D eigenvalue weighted by atomic mass is 16.4. The van der Waals surface area contributed by atoms with Gasteiger partial charge >= 0.3 is 5.97 Å². The van der Waals surface area contributed by atoms with Gasteiger partial charge in [0.2, 0.25) is 5.91 Å². The van der Waals surface area contributed by atoms with E-state index in [0.29, 0.717) is 13.0 Å². The third kappa shape index (κ3) is 5.68. The van der Waals surface area contributed by atoms with Crippen molar-refractivity contribution >= 4 is 11.9 Å². The largest absolute Gasteiger partial charge is 0.478 e. The third-order valence-corrected chi connectivity index (χ3v) is 2.46. The van der Waals surface area contributed by atoms with E-state index in [1.54, 1.807) is 36.4 Å². The third-order valence-electron chi connectivity index (χ3n) is 2.46. The van der Waals surface area contributed by atoms with Crippen LogP contribution in [0.3, 0.4) is 0 Å². The number of carboxylic acids is 1. The van der Waals surface area contributed by atoms with Gasteiger partial charge in [-0.15, -0.1) is 0 Å². The molecule has 0 heterocycles. The Balaban J connectivity index is 2.37. The molecule has 0 aliphatic carbocycles. The monoisotopic (exact) mass is 259 g/mol. The summed E-state index contributed by atoms with van der Waals surface area (Å²) in [6, 6.07) is 6.63. The van der Waals surface area contributed by atoms with Gasteiger partial charge in [-0.3, -0.25) is 4.79 Å². The zero-order valence-corrected chi connectivity index (χ0v) is 10.8. The molecular formula is C15H17NO3. The number of rotatable bonds is 6. The maximum absolute atomic E-state index is 11.3. The molecule has 2 N–H and O–H groups in total. The van der Waals surface area contributed by atoms with Gasteiger partial charge in [0.05, 0.1) is 5.56 Å². The second-order valence-electron chi connectivity index (χ2n) is 3.93. The highest BCUT2D eigenvalue weighted by Crippen LogP contribution is 2.04. The lowest BCUT2D eigenvalue weighted by Gasteiger charge is -2.03. The van der Waals surface area contributed by atoms with Gasteiger partial charge in [0.25, 0.3) is 0 Å². The van der Waals surface area contributed by atoms with E-state index in [-0.39, 0.29) is 11.5 Å². The Morgan fingerprint density at radius 3 is 2.47 bits per heavy atom. The number of carbonyl (C=O) groups is 2. The van der Waals surface area contributed by atoms with Gasteiger partial charge in [0.15, 0.2) is 0 Å². The lowest BCUT2D eigenvalue weighted by Crippen LogP contribution is -2.23. The number of hydrogen-bond acceptors (Lipinski definition) is 2. The number of hydrogen-bond donors (Lipinski definition) is 2. The Kier molecular flexibility index (Phi) is 6.09. The summed E-state index contributed by atoms with van der Waals surface area (Å²) in [4.78, 5) is 22.0. The first-order valence-electron chi connectivity index (χ1n) is 6.03. The molecule has 0 bridgehead atoms. The highest BCUT2D eigenvalue weighted by molar-refractivity contribution is 5.88. The van der Waals surface area contributed by atoms with E-state index < -0.39 is 5.97 Å². The first kappa shape index (κ1) is 14.7. The van der Waals surface area contributed by atoms with Crippen LogP contribution in [0.5, 0.6) is 0 Å². The average molecular weight is 259 g/mol. The molecule has 0 unspecified atom stereocenters. The summed E-state index contributed by atoms with van der Waals surface area (Å²) >= 11 is 0. The summed E-state index contributed by atoms with van der Waals surface area (Å²) in [7, 11) is 0. The predicted molar refractivity (Wildman–Crippen MR) is 74.1 cm³/mol. The van der Waals surface area contributed by atoms with Gasteiger partial charge in [-0.05, 0) is 31.0 Å². The van der Waals surface area contributed by atoms with Gasteiger partial charge < -0.3 is 10.4 Å². The standard InChI is InChI=1S/C15H17NO3/c1-2-3-4-5-14(17)16-11-10-12-6-8-13(9-7-12)15(18)19/h2-9H,10-11H2,1H3,(H,16,17)(H,18,19)/b3-2+,5-4+. The molecule has 1 rings (SSSR count). The Bertz CT molecular complexity index is 487. The van der Waals surface area contributed by atoms with Gasteiger partial charge in [-0.1, -0.05) is 30.4 Å². The van der Waals surface area contributed by atoms with Crippen molar-refractivity contribution in [2.24, 2.45) is 0 Å². The molecule has 100 valence electrons. The van der Waals surface area contributed by atoms with Crippen molar-refractivity contribution < 1.29 is 14.7 Å². The number of carboxylic acid groups (broad SMARTS) is 1. The summed E-state index contributed by atoms with van der Waals surface area (Å²) in [5.41, 5.74) is 1.25. The number of nitrogens with one attached hydrogen (secondary N) is 1. The van der Waals surface area contributed by atoms with Crippen LogP contribution in [-0.4, -0.2) is 23.5 Å². The summed E-state index contributed by atoms with van der Waals surface area (Å²) in [5.74, 6) is -1.07. The summed E-state index contributed by atoms with van der Waals surface area (Å²) in [5, 5.41) is 11.5. The van der Waals surface area contributed by atoms with Gasteiger partial charge in [-0.2, -0.15) is 0 Å². The van der Waals surface area contributed by atoms with E-state index in [9.17, 15) is 9.59 Å². The minimum absolute atomic E-state index is 0.139. The molecule has 0 aliphatic heterocycles. The Labute approximate surface area is 112 Å². The predicted octanol–water partition coefficient (Wildman–Crippen LogP) is 2.18. The SMILES string of the molecule is C/C=C/C=C/C(=O)NCCc1ccc(C(=O)O)cc1. The van der Waals surface area contributed by atoms with Gasteiger partial charge in [0.1, 0.15) is 0 Å². The molecule has 0 saturated heterocycles. The maximum Gasteiger partial charge on any atom is 0.335 e. The van der Waals surface area contributed by atoms with Crippen molar-refractivity contribution in [1.82, 2.24) is 5.32 Å². The topological polar surface area (TPSA) is 66.4 Å². The van der Waals surface area contributed by atoms with Crippen molar-refractivity contribution in [1.29, 1.82) is 0 Å². The lowest BCUT2D eigenvalue weighted by molar-refractivity contribution is -0.116. The molecule has 19 heavy (non-hydrogen) atoms. The molecule has 0 atom stereocenters. The van der Waals surface area contributed by atoms with Crippen LogP contribution in [0.25, 0.3) is 0 Å². The average Bonchev–Trinajstić information content (AvgIpc) is 2.39. The quantitative estimate of drug-likeness (QED) is 0.608. The summed E-state index contributed by atoms with van der Waals surface area (Å²) < 4.78 is 0. The van der Waals surface area contributed by atoms with Crippen molar-refractivity contribution in [2.75, 3.05) is 6.54 Å². The zero-order valence-electron chi connectivity index (χ0n) is 10.8. The number of allylic oxidation sites excluding steroid dienone is 3. The van der Waals surface area contributed by atoms with Crippen LogP contribution in [-0.2, 0) is 11.2 Å². The van der Waals surface area contributed by atoms with Gasteiger partial charge in [-0.25, -0.2) is 4.79 Å². The Morgan fingerprint density at radius 1 is 1.21 bits per heavy atom. The minimum atomic E-state index is -0.936. The fourth-order valence-corrected chi connectivity index (χ4v) is 1.46. The molecule has 0 aliphatic rings. The molecule has 1 amide bonds. The number of amides is 1. The van der Waals surface area contributed by atoms with Crippen LogP contribution in [0.1, 0.15) is 22.8 Å². The van der Waals surface area contributed by atoms with Crippen LogP contribution < -0.4 is 5.32 Å². The molecule has 1 aromatic rings. The molecule has 4 nitrogen and oxygen atoms in total. The molecule has 0 radical (unpaired) electrons. The second kappa shape index (κ2) is 7.87. The van der Waals surface area contributed by atoms with Crippen LogP contribution in [0.15, 0.2) is 48.6 Å². The van der Waals surface area contributed by atoms with Crippen molar-refractivity contribution in [3.63, 3.8) is 0 Å². The maximum atomic E-state index is 11.3. The van der Waals surface area contributed by atoms with E-state index in [0.717, 1.165) is 5.56 Å². The van der Waals surface area contributed by atoms with Crippen LogP contribution in [0.2, 0.25) is 0 Å². The first-order chi connectivity index (χ1) is 9.13. The van der Waals surface area contributed by atoms with E-state index in [4.69, 9.17) is 5.11 Å². The highest BCUT2D eigenvalue weighted by Gasteiger charge is 2.01. The van der Waals surface area contributed by atoms with Crippen LogP contribution in [0.4, 0.5) is 0 Å². The fourth-order valence-electron chi connectivity index (χ4n) is 1.46. The van der Waals surface area contributed by atoms with Crippen molar-refractivity contribution in [3.8, 4) is 0 Å². The molecule has 0 spiro atoms. The number of benzene rings is 1. The summed E-state index contributed by atoms with van der Waals surface area (Å²) in [6.07, 6.45) is 7.44. The number of aromatic carboxylic acids is 1. The van der Waals surface area contributed by atoms with Gasteiger partial charge in [0, 0.05) is 12.6 Å². The second-order valence-corrected chi connectivity index (χ2v) is 3.93. The lowest BCUT2D eigenvalue weighted by atomic mass is 10.1. The molecule has 0 saturated carbocycles. The van der Waals surface area contributed by atoms with Crippen molar-refractivity contribution in [2.45, 2.75) is 13.3 Å². The fraction of sp³-hybridized carbons (Fsp3) is 0.200. The molecule has 0 aromatic heterocycles. The van der Waals surface area contributed by atoms with Crippen LogP contribution in [0, 0.1) is 0 Å². The summed E-state index contributed by atoms with van der Waals surface area (Å²) in [6.45, 7) is 2.40. The van der Waals surface area contributed by atoms with E-state index >= 15 is 0 Å². The Hall–Kier alpha value is -2.36. The van der Waals surface area contributed by atoms with E-state index in [2.05, 4.69) is 5.32 Å². The number of carbonyl (C=O) groups excluding carboxylic acids is 1. The smallest absolute Gasteiger partial charge is 0.335 e. The van der Waals surface area contributed by atoms with E-state index in [1.807, 2.05) is 13.0 Å². The Morgan fingerprint density at radius 2 is 1.89 bits per heavy atom. The van der Waals surface area contributed by atoms with Crippen molar-refractivity contribution in [3.05, 3.63) is 59.7 Å². The van der Waals surface area contributed by atoms with Crippen LogP contribution >= 0.6 is 0 Å². The normalized spacial score (nSPS) is 11.0. The molecule has 1 aromatic carbocycles. The first-order valence-corrected chi connectivity index (χ1v) is 6.03. The minimum Gasteiger partial charge on any atom is -0.478 e. The molecule has 0 fully saturated rings.